The quantitative estimate of drug-likeness (QED) is 0.826. The number of anilines is 1. The van der Waals surface area contributed by atoms with Crippen LogP contribution in [0.4, 0.5) is 10.1 Å². The third-order valence-corrected chi connectivity index (χ3v) is 2.77. The van der Waals surface area contributed by atoms with Gasteiger partial charge >= 0.3 is 0 Å². The minimum absolute atomic E-state index is 0.332. The van der Waals surface area contributed by atoms with Crippen molar-refractivity contribution in [2.24, 2.45) is 0 Å². The molecule has 0 radical (unpaired) electrons. The van der Waals surface area contributed by atoms with E-state index in [1.807, 2.05) is 0 Å². The van der Waals surface area contributed by atoms with Crippen molar-refractivity contribution < 1.29 is 9.13 Å². The van der Waals surface area contributed by atoms with Gasteiger partial charge in [0.1, 0.15) is 11.6 Å². The number of benzene rings is 2. The summed E-state index contributed by atoms with van der Waals surface area (Å²) >= 11 is 6.01. The Balaban J connectivity index is 2.53. The standard InChI is InChI=1S/C13H11ClFNO/c1-17-13-5-2-8(6-11(13)14)10-7-9(15)3-4-12(10)16/h2-7H,16H2,1H3. The van der Waals surface area contributed by atoms with Crippen LogP contribution < -0.4 is 10.5 Å². The lowest BCUT2D eigenvalue weighted by atomic mass is 10.0. The van der Waals surface area contributed by atoms with Crippen molar-refractivity contribution in [2.75, 3.05) is 12.8 Å². The van der Waals surface area contributed by atoms with Gasteiger partial charge in [-0.05, 0) is 35.9 Å². The lowest BCUT2D eigenvalue weighted by molar-refractivity contribution is 0.415. The summed E-state index contributed by atoms with van der Waals surface area (Å²) in [5.41, 5.74) is 7.69. The lowest BCUT2D eigenvalue weighted by Crippen LogP contribution is -1.92. The summed E-state index contributed by atoms with van der Waals surface area (Å²) in [6, 6.07) is 9.45. The van der Waals surface area contributed by atoms with Gasteiger partial charge in [-0.1, -0.05) is 17.7 Å². The van der Waals surface area contributed by atoms with Crippen molar-refractivity contribution >= 4 is 17.3 Å². The van der Waals surface area contributed by atoms with Crippen LogP contribution in [0.2, 0.25) is 5.02 Å². The molecule has 0 amide bonds. The van der Waals surface area contributed by atoms with Crippen molar-refractivity contribution in [1.82, 2.24) is 0 Å². The van der Waals surface area contributed by atoms with Crippen LogP contribution in [0.5, 0.6) is 5.75 Å². The molecular weight excluding hydrogens is 241 g/mol. The molecular formula is C13H11ClFNO. The lowest BCUT2D eigenvalue weighted by Gasteiger charge is -2.08. The van der Waals surface area contributed by atoms with Gasteiger partial charge in [0.25, 0.3) is 0 Å². The van der Waals surface area contributed by atoms with E-state index in [1.165, 1.54) is 25.3 Å². The van der Waals surface area contributed by atoms with Gasteiger partial charge in [0.15, 0.2) is 0 Å². The second-order valence-electron chi connectivity index (χ2n) is 3.58. The Morgan fingerprint density at radius 2 is 1.94 bits per heavy atom. The second kappa shape index (κ2) is 4.63. The summed E-state index contributed by atoms with van der Waals surface area (Å²) in [6.07, 6.45) is 0. The highest BCUT2D eigenvalue weighted by molar-refractivity contribution is 6.32. The zero-order valence-electron chi connectivity index (χ0n) is 9.21. The number of nitrogen functional groups attached to an aromatic ring is 1. The molecule has 2 N–H and O–H groups in total. The summed E-state index contributed by atoms with van der Waals surface area (Å²) in [6.45, 7) is 0. The fraction of sp³-hybridized carbons (Fsp3) is 0.0769. The number of hydrogen-bond acceptors (Lipinski definition) is 2. The zero-order chi connectivity index (χ0) is 12.4. The van der Waals surface area contributed by atoms with E-state index in [0.29, 0.717) is 22.0 Å². The van der Waals surface area contributed by atoms with Gasteiger partial charge in [0.05, 0.1) is 12.1 Å². The van der Waals surface area contributed by atoms with Crippen LogP contribution in [0.15, 0.2) is 36.4 Å². The molecule has 17 heavy (non-hydrogen) atoms. The largest absolute Gasteiger partial charge is 0.495 e. The molecule has 0 aliphatic carbocycles. The van der Waals surface area contributed by atoms with Crippen LogP contribution in [0.25, 0.3) is 11.1 Å². The van der Waals surface area contributed by atoms with Gasteiger partial charge in [0.2, 0.25) is 0 Å². The molecule has 0 aromatic heterocycles. The van der Waals surface area contributed by atoms with Gasteiger partial charge in [-0.15, -0.1) is 0 Å². The van der Waals surface area contributed by atoms with Crippen LogP contribution >= 0.6 is 11.6 Å². The predicted molar refractivity (Wildman–Crippen MR) is 67.8 cm³/mol. The maximum atomic E-state index is 13.2. The Labute approximate surface area is 104 Å². The van der Waals surface area contributed by atoms with Gasteiger partial charge in [0, 0.05) is 11.3 Å². The zero-order valence-corrected chi connectivity index (χ0v) is 9.96. The number of rotatable bonds is 2. The molecule has 2 aromatic carbocycles. The fourth-order valence-corrected chi connectivity index (χ4v) is 1.87. The number of hydrogen-bond donors (Lipinski definition) is 1. The molecule has 0 bridgehead atoms. The molecule has 2 nitrogen and oxygen atoms in total. The highest BCUT2D eigenvalue weighted by atomic mass is 35.5. The second-order valence-corrected chi connectivity index (χ2v) is 3.99. The van der Waals surface area contributed by atoms with Crippen LogP contribution in [-0.4, -0.2) is 7.11 Å². The Bertz CT molecular complexity index is 557. The normalized spacial score (nSPS) is 10.3. The Morgan fingerprint density at radius 1 is 1.18 bits per heavy atom. The number of methoxy groups -OCH3 is 1. The van der Waals surface area contributed by atoms with E-state index in [1.54, 1.807) is 18.2 Å². The molecule has 0 atom stereocenters. The van der Waals surface area contributed by atoms with Crippen LogP contribution in [0.1, 0.15) is 0 Å². The molecule has 88 valence electrons. The molecule has 0 aliphatic rings. The molecule has 0 saturated carbocycles. The highest BCUT2D eigenvalue weighted by Crippen LogP contribution is 2.33. The van der Waals surface area contributed by atoms with E-state index in [4.69, 9.17) is 22.1 Å². The first kappa shape index (κ1) is 11.7. The van der Waals surface area contributed by atoms with Crippen molar-refractivity contribution in [1.29, 1.82) is 0 Å². The molecule has 4 heteroatoms. The molecule has 0 fully saturated rings. The number of nitrogens with two attached hydrogens (primary N) is 1. The van der Waals surface area contributed by atoms with Crippen LogP contribution in [0, 0.1) is 5.82 Å². The smallest absolute Gasteiger partial charge is 0.137 e. The minimum atomic E-state index is -0.332. The average molecular weight is 252 g/mol. The number of halogens is 2. The van der Waals surface area contributed by atoms with E-state index in [2.05, 4.69) is 0 Å². The molecule has 0 aliphatic heterocycles. The molecule has 0 heterocycles. The molecule has 2 aromatic rings. The summed E-state index contributed by atoms with van der Waals surface area (Å²) < 4.78 is 18.2. The van der Waals surface area contributed by atoms with Gasteiger partial charge < -0.3 is 10.5 Å². The van der Waals surface area contributed by atoms with Gasteiger partial charge in [-0.25, -0.2) is 4.39 Å². The molecule has 0 saturated heterocycles. The van der Waals surface area contributed by atoms with E-state index in [0.717, 1.165) is 5.56 Å². The van der Waals surface area contributed by atoms with Crippen LogP contribution in [0.3, 0.4) is 0 Å². The van der Waals surface area contributed by atoms with E-state index in [-0.39, 0.29) is 5.82 Å². The maximum absolute atomic E-state index is 13.2. The Kier molecular flexibility index (Phi) is 3.20. The fourth-order valence-electron chi connectivity index (χ4n) is 1.61. The molecule has 0 spiro atoms. The Hall–Kier alpha value is -1.74. The first-order valence-electron chi connectivity index (χ1n) is 5.01. The van der Waals surface area contributed by atoms with Crippen molar-refractivity contribution in [3.63, 3.8) is 0 Å². The number of ether oxygens (including phenoxy) is 1. The third-order valence-electron chi connectivity index (χ3n) is 2.48. The highest BCUT2D eigenvalue weighted by Gasteiger charge is 2.07. The summed E-state index contributed by atoms with van der Waals surface area (Å²) in [4.78, 5) is 0. The topological polar surface area (TPSA) is 35.2 Å². The van der Waals surface area contributed by atoms with E-state index in [9.17, 15) is 4.39 Å². The average Bonchev–Trinajstić information content (AvgIpc) is 2.32. The van der Waals surface area contributed by atoms with Crippen LogP contribution in [-0.2, 0) is 0 Å². The maximum Gasteiger partial charge on any atom is 0.137 e. The Morgan fingerprint density at radius 3 is 2.59 bits per heavy atom. The van der Waals surface area contributed by atoms with Gasteiger partial charge in [-0.2, -0.15) is 0 Å². The van der Waals surface area contributed by atoms with Crippen molar-refractivity contribution in [2.45, 2.75) is 0 Å². The minimum Gasteiger partial charge on any atom is -0.495 e. The first-order valence-corrected chi connectivity index (χ1v) is 5.38. The first-order chi connectivity index (χ1) is 8.11. The monoisotopic (exact) mass is 251 g/mol. The molecule has 2 rings (SSSR count). The predicted octanol–water partition coefficient (Wildman–Crippen LogP) is 3.74. The van der Waals surface area contributed by atoms with Gasteiger partial charge in [-0.3, -0.25) is 0 Å². The summed E-state index contributed by atoms with van der Waals surface area (Å²) in [5, 5.41) is 0.466. The van der Waals surface area contributed by atoms with Crippen molar-refractivity contribution in [3.8, 4) is 16.9 Å². The van der Waals surface area contributed by atoms with E-state index < -0.39 is 0 Å². The van der Waals surface area contributed by atoms with Crippen molar-refractivity contribution in [3.05, 3.63) is 47.2 Å². The summed E-state index contributed by atoms with van der Waals surface area (Å²) in [7, 11) is 1.54. The van der Waals surface area contributed by atoms with E-state index >= 15 is 0 Å². The SMILES string of the molecule is COc1ccc(-c2cc(F)ccc2N)cc1Cl. The summed E-state index contributed by atoms with van der Waals surface area (Å²) in [5.74, 6) is 0.242. The third kappa shape index (κ3) is 2.34. The molecule has 0 unspecified atom stereocenters.